The van der Waals surface area contributed by atoms with Crippen LogP contribution in [0.4, 0.5) is 5.69 Å². The first-order valence-electron chi connectivity index (χ1n) is 9.48. The quantitative estimate of drug-likeness (QED) is 0.597. The molecule has 1 aromatic carbocycles. The summed E-state index contributed by atoms with van der Waals surface area (Å²) in [5.74, 6) is -1.24. The first-order valence-corrected chi connectivity index (χ1v) is 9.48. The van der Waals surface area contributed by atoms with Crippen molar-refractivity contribution in [1.82, 2.24) is 10.2 Å². The number of rotatable bonds is 6. The predicted octanol–water partition coefficient (Wildman–Crippen LogP) is 2.18. The van der Waals surface area contributed by atoms with E-state index in [-0.39, 0.29) is 36.6 Å². The Hall–Kier alpha value is -2.31. The summed E-state index contributed by atoms with van der Waals surface area (Å²) in [5.41, 5.74) is 1.04. The Balaban J connectivity index is 1.76. The van der Waals surface area contributed by atoms with Gasteiger partial charge >= 0.3 is 0 Å². The Morgan fingerprint density at radius 1 is 1.30 bits per heavy atom. The summed E-state index contributed by atoms with van der Waals surface area (Å²) in [4.78, 5) is 37.9. The fourth-order valence-electron chi connectivity index (χ4n) is 3.83. The predicted molar refractivity (Wildman–Crippen MR) is 104 cm³/mol. The Kier molecular flexibility index (Phi) is 5.06. The topological polar surface area (TPSA) is 78.5 Å². The minimum Gasteiger partial charge on any atom is -0.385 e. The number of benzene rings is 1. The molecule has 1 unspecified atom stereocenters. The Morgan fingerprint density at radius 3 is 2.70 bits per heavy atom. The Labute approximate surface area is 161 Å². The SMILES string of the molecule is [B]C1(N2Cc3cc(NCC(C)(C)CCC)ccc3C2=O)CCC(=O)NC1=O. The lowest BCUT2D eigenvalue weighted by molar-refractivity contribution is -0.138. The van der Waals surface area contributed by atoms with Crippen molar-refractivity contribution in [2.45, 2.75) is 58.4 Å². The van der Waals surface area contributed by atoms with Gasteiger partial charge in [-0.2, -0.15) is 0 Å². The van der Waals surface area contributed by atoms with Gasteiger partial charge in [-0.15, -0.1) is 0 Å². The van der Waals surface area contributed by atoms with Crippen LogP contribution in [0.2, 0.25) is 0 Å². The van der Waals surface area contributed by atoms with Crippen molar-refractivity contribution in [3.63, 3.8) is 0 Å². The summed E-state index contributed by atoms with van der Waals surface area (Å²) in [7, 11) is 6.25. The number of imide groups is 1. The van der Waals surface area contributed by atoms with E-state index in [9.17, 15) is 14.4 Å². The second-order valence-corrected chi connectivity index (χ2v) is 8.33. The highest BCUT2D eigenvalue weighted by molar-refractivity contribution is 6.32. The van der Waals surface area contributed by atoms with Crippen LogP contribution in [0.1, 0.15) is 62.4 Å². The number of carbonyl (C=O) groups is 3. The highest BCUT2D eigenvalue weighted by Gasteiger charge is 2.47. The summed E-state index contributed by atoms with van der Waals surface area (Å²) < 4.78 is 0. The molecule has 0 bridgehead atoms. The van der Waals surface area contributed by atoms with Crippen LogP contribution in [-0.2, 0) is 16.1 Å². The maximum Gasteiger partial charge on any atom is 0.254 e. The number of anilines is 1. The summed E-state index contributed by atoms with van der Waals surface area (Å²) in [6.07, 6.45) is 2.52. The van der Waals surface area contributed by atoms with Gasteiger partial charge in [0.15, 0.2) is 0 Å². The van der Waals surface area contributed by atoms with E-state index in [0.717, 1.165) is 30.6 Å². The van der Waals surface area contributed by atoms with E-state index < -0.39 is 11.3 Å². The number of carbonyl (C=O) groups excluding carboxylic acids is 3. The highest BCUT2D eigenvalue weighted by atomic mass is 16.2. The third kappa shape index (κ3) is 3.73. The Morgan fingerprint density at radius 2 is 2.04 bits per heavy atom. The molecule has 27 heavy (non-hydrogen) atoms. The molecule has 2 aliphatic heterocycles. The zero-order chi connectivity index (χ0) is 19.8. The van der Waals surface area contributed by atoms with Crippen LogP contribution in [0, 0.1) is 5.41 Å². The number of piperidine rings is 1. The molecule has 2 heterocycles. The van der Waals surface area contributed by atoms with Crippen molar-refractivity contribution < 1.29 is 14.4 Å². The van der Waals surface area contributed by atoms with Gasteiger partial charge < -0.3 is 10.2 Å². The van der Waals surface area contributed by atoms with Crippen LogP contribution in [0.3, 0.4) is 0 Å². The van der Waals surface area contributed by atoms with Crippen LogP contribution in [0.5, 0.6) is 0 Å². The largest absolute Gasteiger partial charge is 0.385 e. The molecular weight excluding hydrogens is 341 g/mol. The lowest BCUT2D eigenvalue weighted by Crippen LogP contribution is -2.63. The van der Waals surface area contributed by atoms with Gasteiger partial charge in [0.1, 0.15) is 7.85 Å². The van der Waals surface area contributed by atoms with E-state index in [1.54, 1.807) is 6.07 Å². The first kappa shape index (κ1) is 19.5. The molecule has 0 saturated carbocycles. The molecule has 0 aliphatic carbocycles. The average Bonchev–Trinajstić information content (AvgIpc) is 2.94. The van der Waals surface area contributed by atoms with Gasteiger partial charge in [0.25, 0.3) is 5.91 Å². The molecule has 1 fully saturated rings. The molecule has 142 valence electrons. The molecular formula is C20H26BN3O3. The number of amides is 3. The van der Waals surface area contributed by atoms with E-state index in [0.29, 0.717) is 5.56 Å². The molecule has 0 aromatic heterocycles. The average molecular weight is 367 g/mol. The summed E-state index contributed by atoms with van der Waals surface area (Å²) in [6, 6.07) is 5.61. The molecule has 1 atom stereocenters. The van der Waals surface area contributed by atoms with Gasteiger partial charge in [0, 0.05) is 30.8 Å². The van der Waals surface area contributed by atoms with Gasteiger partial charge in [0.05, 0.1) is 5.44 Å². The van der Waals surface area contributed by atoms with E-state index in [1.807, 2.05) is 12.1 Å². The van der Waals surface area contributed by atoms with E-state index in [2.05, 4.69) is 31.4 Å². The maximum absolute atomic E-state index is 12.8. The summed E-state index contributed by atoms with van der Waals surface area (Å²) in [5, 5.41) is 5.69. The zero-order valence-corrected chi connectivity index (χ0v) is 16.2. The molecule has 6 nitrogen and oxygen atoms in total. The molecule has 2 aliphatic rings. The van der Waals surface area contributed by atoms with Crippen molar-refractivity contribution in [3.05, 3.63) is 29.3 Å². The molecule has 2 N–H and O–H groups in total. The minimum absolute atomic E-state index is 0.127. The monoisotopic (exact) mass is 367 g/mol. The number of hydrogen-bond acceptors (Lipinski definition) is 4. The zero-order valence-electron chi connectivity index (χ0n) is 16.2. The van der Waals surface area contributed by atoms with E-state index >= 15 is 0 Å². The lowest BCUT2D eigenvalue weighted by atomic mass is 9.70. The molecule has 2 radical (unpaired) electrons. The highest BCUT2D eigenvalue weighted by Crippen LogP contribution is 2.34. The van der Waals surface area contributed by atoms with Gasteiger partial charge in [-0.1, -0.05) is 27.2 Å². The van der Waals surface area contributed by atoms with Crippen molar-refractivity contribution in [2.24, 2.45) is 5.41 Å². The van der Waals surface area contributed by atoms with Crippen molar-refractivity contribution >= 4 is 31.3 Å². The van der Waals surface area contributed by atoms with Gasteiger partial charge in [-0.25, -0.2) is 0 Å². The number of nitrogens with zero attached hydrogens (tertiary/aromatic N) is 1. The summed E-state index contributed by atoms with van der Waals surface area (Å²) in [6.45, 7) is 7.73. The Bertz CT molecular complexity index is 793. The van der Waals surface area contributed by atoms with Crippen LogP contribution >= 0.6 is 0 Å². The lowest BCUT2D eigenvalue weighted by Gasteiger charge is -2.40. The molecule has 0 spiro atoms. The molecule has 7 heteroatoms. The minimum atomic E-state index is -1.49. The van der Waals surface area contributed by atoms with E-state index in [1.165, 1.54) is 4.90 Å². The van der Waals surface area contributed by atoms with Crippen molar-refractivity contribution in [3.8, 4) is 0 Å². The van der Waals surface area contributed by atoms with Gasteiger partial charge in [0.2, 0.25) is 11.8 Å². The molecule has 1 aromatic rings. The first-order chi connectivity index (χ1) is 12.7. The maximum atomic E-state index is 12.8. The second-order valence-electron chi connectivity index (χ2n) is 8.33. The second kappa shape index (κ2) is 7.02. The van der Waals surface area contributed by atoms with Gasteiger partial charge in [-0.05, 0) is 42.0 Å². The van der Waals surface area contributed by atoms with Crippen LogP contribution in [0.25, 0.3) is 0 Å². The normalized spacial score (nSPS) is 22.6. The summed E-state index contributed by atoms with van der Waals surface area (Å²) >= 11 is 0. The number of fused-ring (bicyclic) bond motifs is 1. The van der Waals surface area contributed by atoms with Crippen molar-refractivity contribution in [1.29, 1.82) is 0 Å². The third-order valence-electron chi connectivity index (χ3n) is 5.47. The molecule has 3 amide bonds. The number of nitrogens with one attached hydrogen (secondary N) is 2. The fraction of sp³-hybridized carbons (Fsp3) is 0.550. The third-order valence-corrected chi connectivity index (χ3v) is 5.47. The fourth-order valence-corrected chi connectivity index (χ4v) is 3.83. The smallest absolute Gasteiger partial charge is 0.254 e. The van der Waals surface area contributed by atoms with Crippen LogP contribution in [0.15, 0.2) is 18.2 Å². The van der Waals surface area contributed by atoms with Gasteiger partial charge in [-0.3, -0.25) is 19.7 Å². The number of hydrogen-bond donors (Lipinski definition) is 2. The standard InChI is InChI=1S/C20H26BN3O3/c1-4-8-19(2,3)12-22-14-5-6-15-13(10-14)11-24(17(15)26)20(21)9-7-16(25)23-18(20)27/h5-6,10,22H,4,7-9,11-12H2,1-3H3,(H,23,25,27). The van der Waals surface area contributed by atoms with Crippen LogP contribution in [-0.4, -0.2) is 42.5 Å². The van der Waals surface area contributed by atoms with Crippen LogP contribution < -0.4 is 10.6 Å². The molecule has 1 saturated heterocycles. The molecule has 3 rings (SSSR count). The van der Waals surface area contributed by atoms with Crippen molar-refractivity contribution in [2.75, 3.05) is 11.9 Å². The van der Waals surface area contributed by atoms with E-state index in [4.69, 9.17) is 7.85 Å².